The molecular formula is C26H31NO2S. The Morgan fingerprint density at radius 2 is 1.63 bits per heavy atom. The van der Waals surface area contributed by atoms with Gasteiger partial charge in [0, 0.05) is 11.6 Å². The molecule has 0 saturated carbocycles. The number of hydrogen-bond donors (Lipinski definition) is 0. The summed E-state index contributed by atoms with van der Waals surface area (Å²) in [6, 6.07) is 14.8. The highest BCUT2D eigenvalue weighted by Gasteiger charge is 2.20. The molecule has 30 heavy (non-hydrogen) atoms. The van der Waals surface area contributed by atoms with Crippen LogP contribution in [0.1, 0.15) is 51.2 Å². The Morgan fingerprint density at radius 3 is 2.33 bits per heavy atom. The molecule has 0 aliphatic rings. The van der Waals surface area contributed by atoms with Crippen LogP contribution in [0.25, 0.3) is 10.9 Å². The van der Waals surface area contributed by atoms with E-state index in [0.29, 0.717) is 4.90 Å². The Labute approximate surface area is 180 Å². The zero-order valence-corrected chi connectivity index (χ0v) is 19.2. The maximum absolute atomic E-state index is 13.3. The fraction of sp³-hybridized carbons (Fsp3) is 0.308. The van der Waals surface area contributed by atoms with E-state index in [1.54, 1.807) is 18.3 Å². The molecule has 0 fully saturated rings. The second-order valence-electron chi connectivity index (χ2n) is 8.19. The van der Waals surface area contributed by atoms with Gasteiger partial charge in [-0.15, -0.1) is 0 Å². The van der Waals surface area contributed by atoms with Gasteiger partial charge in [-0.05, 0) is 77.1 Å². The first-order valence-corrected chi connectivity index (χ1v) is 11.9. The Balaban J connectivity index is 1.86. The third kappa shape index (κ3) is 5.11. The Kier molecular flexibility index (Phi) is 6.99. The van der Waals surface area contributed by atoms with Gasteiger partial charge in [-0.2, -0.15) is 0 Å². The smallest absolute Gasteiger partial charge is 0.241 e. The molecule has 1 aromatic heterocycles. The summed E-state index contributed by atoms with van der Waals surface area (Å²) in [5, 5.41) is 1.00. The summed E-state index contributed by atoms with van der Waals surface area (Å²) in [6.45, 7) is 8.37. The molecule has 0 radical (unpaired) electrons. The van der Waals surface area contributed by atoms with Crippen LogP contribution in [0.3, 0.4) is 0 Å². The molecule has 0 atom stereocenters. The van der Waals surface area contributed by atoms with Crippen molar-refractivity contribution >= 4 is 20.9 Å². The summed E-state index contributed by atoms with van der Waals surface area (Å²) in [4.78, 5) is 0.315. The quantitative estimate of drug-likeness (QED) is 0.375. The average molecular weight is 422 g/mol. The van der Waals surface area contributed by atoms with Gasteiger partial charge >= 0.3 is 0 Å². The van der Waals surface area contributed by atoms with Crippen LogP contribution in [0.4, 0.5) is 0 Å². The van der Waals surface area contributed by atoms with Crippen molar-refractivity contribution in [2.45, 2.75) is 58.3 Å². The van der Waals surface area contributed by atoms with Gasteiger partial charge in [-0.3, -0.25) is 0 Å². The summed E-state index contributed by atoms with van der Waals surface area (Å²) < 4.78 is 28.0. The summed E-state index contributed by atoms with van der Waals surface area (Å²) in [5.74, 6) is 0. The lowest BCUT2D eigenvalue weighted by Gasteiger charge is -2.07. The van der Waals surface area contributed by atoms with E-state index in [2.05, 4.69) is 32.9 Å². The van der Waals surface area contributed by atoms with Crippen LogP contribution in [0.15, 0.2) is 82.9 Å². The van der Waals surface area contributed by atoms with E-state index in [9.17, 15) is 8.42 Å². The maximum atomic E-state index is 13.3. The van der Waals surface area contributed by atoms with E-state index in [0.717, 1.165) is 47.7 Å². The molecule has 0 amide bonds. The summed E-state index contributed by atoms with van der Waals surface area (Å²) in [5.41, 5.74) is 5.57. The minimum atomic E-state index is -3.63. The van der Waals surface area contributed by atoms with Crippen LogP contribution in [0.5, 0.6) is 0 Å². The van der Waals surface area contributed by atoms with Gasteiger partial charge in [0.05, 0.1) is 10.4 Å². The van der Waals surface area contributed by atoms with Crippen LogP contribution in [0.2, 0.25) is 0 Å². The number of aryl methyl sites for hydroxylation is 2. The highest BCUT2D eigenvalue weighted by atomic mass is 32.2. The average Bonchev–Trinajstić information content (AvgIpc) is 3.08. The zero-order valence-electron chi connectivity index (χ0n) is 18.4. The van der Waals surface area contributed by atoms with Crippen LogP contribution in [-0.4, -0.2) is 12.4 Å². The first-order chi connectivity index (χ1) is 14.3. The Hall–Kier alpha value is -2.59. The molecule has 2 aromatic carbocycles. The summed E-state index contributed by atoms with van der Waals surface area (Å²) in [6.07, 6.45) is 10.2. The van der Waals surface area contributed by atoms with Gasteiger partial charge in [0.1, 0.15) is 0 Å². The largest absolute Gasteiger partial charge is 0.268 e. The highest BCUT2D eigenvalue weighted by Crippen LogP contribution is 2.27. The zero-order chi connectivity index (χ0) is 21.7. The number of fused-ring (bicyclic) bond motifs is 1. The van der Waals surface area contributed by atoms with Crippen LogP contribution in [0, 0.1) is 6.92 Å². The number of para-hydroxylation sites is 1. The van der Waals surface area contributed by atoms with Crippen molar-refractivity contribution in [1.29, 1.82) is 0 Å². The minimum Gasteiger partial charge on any atom is -0.241 e. The van der Waals surface area contributed by atoms with Crippen LogP contribution >= 0.6 is 0 Å². The van der Waals surface area contributed by atoms with Crippen molar-refractivity contribution in [2.24, 2.45) is 0 Å². The van der Waals surface area contributed by atoms with E-state index >= 15 is 0 Å². The topological polar surface area (TPSA) is 39.1 Å². The molecule has 158 valence electrons. The maximum Gasteiger partial charge on any atom is 0.268 e. The van der Waals surface area contributed by atoms with Gasteiger partial charge in [0.25, 0.3) is 10.0 Å². The van der Waals surface area contributed by atoms with Crippen molar-refractivity contribution in [3.63, 3.8) is 0 Å². The van der Waals surface area contributed by atoms with Crippen molar-refractivity contribution in [1.82, 2.24) is 3.97 Å². The van der Waals surface area contributed by atoms with Crippen molar-refractivity contribution < 1.29 is 8.42 Å². The summed E-state index contributed by atoms with van der Waals surface area (Å²) >= 11 is 0. The third-order valence-corrected chi connectivity index (χ3v) is 7.02. The number of allylic oxidation sites excluding steroid dienone is 4. The number of benzene rings is 2. The van der Waals surface area contributed by atoms with Gasteiger partial charge in [0.15, 0.2) is 0 Å². The van der Waals surface area contributed by atoms with E-state index in [-0.39, 0.29) is 0 Å². The molecule has 3 nitrogen and oxygen atoms in total. The Bertz CT molecular complexity index is 1180. The molecule has 3 aromatic rings. The second kappa shape index (κ2) is 9.48. The molecule has 0 unspecified atom stereocenters. The molecular weight excluding hydrogens is 390 g/mol. The second-order valence-corrected chi connectivity index (χ2v) is 10.0. The lowest BCUT2D eigenvalue weighted by molar-refractivity contribution is 0.589. The molecule has 0 N–H and O–H groups in total. The van der Waals surface area contributed by atoms with E-state index in [1.807, 2.05) is 43.3 Å². The van der Waals surface area contributed by atoms with Crippen LogP contribution in [-0.2, 0) is 16.4 Å². The molecule has 0 aliphatic carbocycles. The van der Waals surface area contributed by atoms with Gasteiger partial charge in [-0.1, -0.05) is 59.2 Å². The fourth-order valence-corrected chi connectivity index (χ4v) is 5.00. The van der Waals surface area contributed by atoms with E-state index in [1.165, 1.54) is 15.1 Å². The molecule has 4 heteroatoms. The first-order valence-electron chi connectivity index (χ1n) is 10.5. The molecule has 1 heterocycles. The highest BCUT2D eigenvalue weighted by molar-refractivity contribution is 7.90. The first kappa shape index (κ1) is 22.1. The predicted molar refractivity (Wildman–Crippen MR) is 126 cm³/mol. The van der Waals surface area contributed by atoms with Gasteiger partial charge in [0.2, 0.25) is 0 Å². The number of aromatic nitrogens is 1. The molecule has 0 saturated heterocycles. The number of hydrogen-bond acceptors (Lipinski definition) is 2. The van der Waals surface area contributed by atoms with Crippen LogP contribution < -0.4 is 0 Å². The number of nitrogens with zero attached hydrogens (tertiary/aromatic N) is 1. The predicted octanol–water partition coefficient (Wildman–Crippen LogP) is 6.81. The number of rotatable bonds is 8. The standard InChI is InChI=1S/C26H31NO2S/c1-20(2)9-7-10-21(3)11-8-12-23-19-27(26-14-6-5-13-25(23)26)30(28,29)24-17-15-22(4)16-18-24/h5-6,9,11,13-19H,7-8,10,12H2,1-4H3/b21-11+. The molecule has 0 aliphatic heterocycles. The Morgan fingerprint density at radius 1 is 0.933 bits per heavy atom. The fourth-order valence-electron chi connectivity index (χ4n) is 3.60. The van der Waals surface area contributed by atoms with E-state index in [4.69, 9.17) is 0 Å². The lowest BCUT2D eigenvalue weighted by atomic mass is 10.1. The third-order valence-electron chi connectivity index (χ3n) is 5.34. The van der Waals surface area contributed by atoms with Crippen molar-refractivity contribution in [3.05, 3.63) is 89.2 Å². The minimum absolute atomic E-state index is 0.315. The summed E-state index contributed by atoms with van der Waals surface area (Å²) in [7, 11) is -3.63. The SMILES string of the molecule is CC(C)=CCC/C(C)=C/CCc1cn(S(=O)(=O)c2ccc(C)cc2)c2ccccc12. The molecule has 0 spiro atoms. The van der Waals surface area contributed by atoms with Crippen molar-refractivity contribution in [2.75, 3.05) is 0 Å². The monoisotopic (exact) mass is 421 g/mol. The van der Waals surface area contributed by atoms with Gasteiger partial charge in [-0.25, -0.2) is 12.4 Å². The molecule has 0 bridgehead atoms. The normalized spacial score (nSPS) is 12.3. The van der Waals surface area contributed by atoms with Crippen molar-refractivity contribution in [3.8, 4) is 0 Å². The van der Waals surface area contributed by atoms with E-state index < -0.39 is 10.0 Å². The van der Waals surface area contributed by atoms with Gasteiger partial charge < -0.3 is 0 Å². The lowest BCUT2D eigenvalue weighted by Crippen LogP contribution is -2.11. The molecule has 3 rings (SSSR count).